The van der Waals surface area contributed by atoms with Crippen molar-refractivity contribution in [3.63, 3.8) is 0 Å². The van der Waals surface area contributed by atoms with E-state index in [2.05, 4.69) is 9.62 Å². The SMILES string of the molecule is CCCCS(=O)(=O)NCC(c1ccccc1Cl)N1CCOCC1. The lowest BCUT2D eigenvalue weighted by molar-refractivity contribution is 0.0172. The monoisotopic (exact) mass is 360 g/mol. The first-order valence-corrected chi connectivity index (χ1v) is 10.1. The lowest BCUT2D eigenvalue weighted by atomic mass is 10.0. The molecule has 1 atom stereocenters. The zero-order valence-corrected chi connectivity index (χ0v) is 15.1. The van der Waals surface area contributed by atoms with Gasteiger partial charge in [-0.15, -0.1) is 0 Å². The second kappa shape index (κ2) is 8.99. The van der Waals surface area contributed by atoms with Gasteiger partial charge < -0.3 is 4.74 Å². The summed E-state index contributed by atoms with van der Waals surface area (Å²) in [6.45, 7) is 5.16. The highest BCUT2D eigenvalue weighted by atomic mass is 35.5. The molecule has 130 valence electrons. The Hall–Kier alpha value is -0.660. The van der Waals surface area contributed by atoms with E-state index in [0.717, 1.165) is 25.1 Å². The quantitative estimate of drug-likeness (QED) is 0.773. The third-order valence-corrected chi connectivity index (χ3v) is 5.79. The van der Waals surface area contributed by atoms with E-state index >= 15 is 0 Å². The maximum Gasteiger partial charge on any atom is 0.211 e. The molecule has 1 unspecified atom stereocenters. The molecule has 1 saturated heterocycles. The average molecular weight is 361 g/mol. The number of halogens is 1. The predicted octanol–water partition coefficient (Wildman–Crippen LogP) is 2.43. The van der Waals surface area contributed by atoms with E-state index in [9.17, 15) is 8.42 Å². The van der Waals surface area contributed by atoms with Crippen molar-refractivity contribution < 1.29 is 13.2 Å². The second-order valence-corrected chi connectivity index (χ2v) is 8.04. The number of nitrogens with one attached hydrogen (secondary N) is 1. The number of hydrogen-bond donors (Lipinski definition) is 1. The van der Waals surface area contributed by atoms with Crippen molar-refractivity contribution in [2.24, 2.45) is 0 Å². The number of morpholine rings is 1. The van der Waals surface area contributed by atoms with Gasteiger partial charge in [-0.1, -0.05) is 43.1 Å². The predicted molar refractivity (Wildman–Crippen MR) is 93.3 cm³/mol. The molecule has 0 aliphatic carbocycles. The van der Waals surface area contributed by atoms with E-state index in [4.69, 9.17) is 16.3 Å². The van der Waals surface area contributed by atoms with Crippen LogP contribution in [0.2, 0.25) is 5.02 Å². The van der Waals surface area contributed by atoms with Gasteiger partial charge in [-0.2, -0.15) is 0 Å². The lowest BCUT2D eigenvalue weighted by Crippen LogP contribution is -2.44. The minimum Gasteiger partial charge on any atom is -0.379 e. The van der Waals surface area contributed by atoms with E-state index in [1.807, 2.05) is 31.2 Å². The molecule has 1 heterocycles. The normalized spacial score (nSPS) is 18.0. The molecule has 2 rings (SSSR count). The summed E-state index contributed by atoms with van der Waals surface area (Å²) in [7, 11) is -3.25. The first-order chi connectivity index (χ1) is 11.0. The van der Waals surface area contributed by atoms with Crippen molar-refractivity contribution >= 4 is 21.6 Å². The fraction of sp³-hybridized carbons (Fsp3) is 0.625. The maximum atomic E-state index is 12.1. The molecular weight excluding hydrogens is 336 g/mol. The van der Waals surface area contributed by atoms with Gasteiger partial charge >= 0.3 is 0 Å². The Kier molecular flexibility index (Phi) is 7.30. The number of ether oxygens (including phenoxy) is 1. The standard InChI is InChI=1S/C16H25ClN2O3S/c1-2-3-12-23(20,21)18-13-16(19-8-10-22-11-9-19)14-6-4-5-7-15(14)17/h4-7,16,18H,2-3,8-13H2,1H3. The van der Waals surface area contributed by atoms with Crippen LogP contribution >= 0.6 is 11.6 Å². The molecule has 5 nitrogen and oxygen atoms in total. The number of sulfonamides is 1. The van der Waals surface area contributed by atoms with Crippen LogP contribution in [-0.4, -0.2) is 51.9 Å². The summed E-state index contributed by atoms with van der Waals surface area (Å²) >= 11 is 6.34. The van der Waals surface area contributed by atoms with Gasteiger partial charge in [-0.25, -0.2) is 13.1 Å². The molecule has 0 radical (unpaired) electrons. The third kappa shape index (κ3) is 5.72. The van der Waals surface area contributed by atoms with Crippen LogP contribution in [0, 0.1) is 0 Å². The van der Waals surface area contributed by atoms with Gasteiger partial charge in [0.05, 0.1) is 19.0 Å². The molecule has 0 aromatic heterocycles. The summed E-state index contributed by atoms with van der Waals surface area (Å²) in [6.07, 6.45) is 1.53. The van der Waals surface area contributed by atoms with Crippen LogP contribution in [0.4, 0.5) is 0 Å². The molecule has 23 heavy (non-hydrogen) atoms. The van der Waals surface area contributed by atoms with Crippen molar-refractivity contribution in [3.8, 4) is 0 Å². The Bertz CT molecular complexity index is 589. The van der Waals surface area contributed by atoms with Crippen molar-refractivity contribution in [2.75, 3.05) is 38.6 Å². The summed E-state index contributed by atoms with van der Waals surface area (Å²) in [5.74, 6) is 0.169. The van der Waals surface area contributed by atoms with E-state index < -0.39 is 10.0 Å². The number of benzene rings is 1. The van der Waals surface area contributed by atoms with Gasteiger partial charge in [0, 0.05) is 30.7 Å². The van der Waals surface area contributed by atoms with E-state index in [1.165, 1.54) is 0 Å². The zero-order valence-electron chi connectivity index (χ0n) is 13.5. The lowest BCUT2D eigenvalue weighted by Gasteiger charge is -2.35. The van der Waals surface area contributed by atoms with Crippen molar-refractivity contribution in [2.45, 2.75) is 25.8 Å². The number of rotatable bonds is 8. The highest BCUT2D eigenvalue weighted by Gasteiger charge is 2.25. The fourth-order valence-electron chi connectivity index (χ4n) is 2.68. The number of nitrogens with zero attached hydrogens (tertiary/aromatic N) is 1. The largest absolute Gasteiger partial charge is 0.379 e. The second-order valence-electron chi connectivity index (χ2n) is 5.71. The van der Waals surface area contributed by atoms with Gasteiger partial charge in [0.15, 0.2) is 0 Å². The van der Waals surface area contributed by atoms with Crippen LogP contribution in [0.5, 0.6) is 0 Å². The molecule has 1 N–H and O–H groups in total. The Morgan fingerprint density at radius 2 is 2.00 bits per heavy atom. The molecule has 1 aliphatic heterocycles. The Morgan fingerprint density at radius 1 is 1.30 bits per heavy atom. The third-order valence-electron chi connectivity index (χ3n) is 4.01. The van der Waals surface area contributed by atoms with Crippen LogP contribution in [0.3, 0.4) is 0 Å². The molecule has 0 saturated carbocycles. The first-order valence-electron chi connectivity index (χ1n) is 8.07. The summed E-state index contributed by atoms with van der Waals surface area (Å²) < 4.78 is 32.4. The zero-order chi connectivity index (χ0) is 16.7. The van der Waals surface area contributed by atoms with Gasteiger partial charge in [0.25, 0.3) is 0 Å². The fourth-order valence-corrected chi connectivity index (χ4v) is 4.17. The van der Waals surface area contributed by atoms with E-state index in [1.54, 1.807) is 0 Å². The van der Waals surface area contributed by atoms with Gasteiger partial charge in [0.1, 0.15) is 0 Å². The topological polar surface area (TPSA) is 58.6 Å². The minimum absolute atomic E-state index is 0.0796. The molecule has 1 aliphatic rings. The highest BCUT2D eigenvalue weighted by molar-refractivity contribution is 7.89. The van der Waals surface area contributed by atoms with Crippen LogP contribution < -0.4 is 4.72 Å². The highest BCUT2D eigenvalue weighted by Crippen LogP contribution is 2.27. The molecule has 0 amide bonds. The van der Waals surface area contributed by atoms with Crippen molar-refractivity contribution in [1.82, 2.24) is 9.62 Å². The Balaban J connectivity index is 2.12. The van der Waals surface area contributed by atoms with Crippen molar-refractivity contribution in [3.05, 3.63) is 34.9 Å². The average Bonchev–Trinajstić information content (AvgIpc) is 2.56. The number of hydrogen-bond acceptors (Lipinski definition) is 4. The summed E-state index contributed by atoms with van der Waals surface area (Å²) in [4.78, 5) is 2.23. The summed E-state index contributed by atoms with van der Waals surface area (Å²) in [5.41, 5.74) is 0.953. The van der Waals surface area contributed by atoms with Crippen LogP contribution in [0.1, 0.15) is 31.4 Å². The molecule has 7 heteroatoms. The number of unbranched alkanes of at least 4 members (excludes halogenated alkanes) is 1. The van der Waals surface area contributed by atoms with Gasteiger partial charge in [0.2, 0.25) is 10.0 Å². The van der Waals surface area contributed by atoms with Gasteiger partial charge in [-0.3, -0.25) is 4.90 Å². The molecule has 0 bridgehead atoms. The maximum absolute atomic E-state index is 12.1. The van der Waals surface area contributed by atoms with Crippen LogP contribution in [0.25, 0.3) is 0 Å². The summed E-state index contributed by atoms with van der Waals surface area (Å²) in [6, 6.07) is 7.54. The van der Waals surface area contributed by atoms with E-state index in [0.29, 0.717) is 31.2 Å². The Labute approximate surface area is 144 Å². The van der Waals surface area contributed by atoms with Gasteiger partial charge in [-0.05, 0) is 18.1 Å². The molecule has 0 spiro atoms. The van der Waals surface area contributed by atoms with Crippen LogP contribution in [0.15, 0.2) is 24.3 Å². The molecule has 1 aromatic carbocycles. The molecule has 1 fully saturated rings. The van der Waals surface area contributed by atoms with Crippen LogP contribution in [-0.2, 0) is 14.8 Å². The first kappa shape index (κ1) is 18.7. The minimum atomic E-state index is -3.25. The Morgan fingerprint density at radius 3 is 2.65 bits per heavy atom. The smallest absolute Gasteiger partial charge is 0.211 e. The van der Waals surface area contributed by atoms with Crippen molar-refractivity contribution in [1.29, 1.82) is 0 Å². The van der Waals surface area contributed by atoms with E-state index in [-0.39, 0.29) is 11.8 Å². The summed E-state index contributed by atoms with van der Waals surface area (Å²) in [5, 5.41) is 0.664. The molecular formula is C16H25ClN2O3S. The molecule has 1 aromatic rings.